The van der Waals surface area contributed by atoms with E-state index in [1.165, 1.54) is 13.2 Å². The minimum atomic E-state index is -0.891. The Labute approximate surface area is 139 Å². The van der Waals surface area contributed by atoms with Crippen LogP contribution < -0.4 is 0 Å². The van der Waals surface area contributed by atoms with Crippen molar-refractivity contribution in [3.8, 4) is 0 Å². The summed E-state index contributed by atoms with van der Waals surface area (Å²) in [5.41, 5.74) is 1.77. The number of hydrogen-bond donors (Lipinski definition) is 0. The Morgan fingerprint density at radius 1 is 1.12 bits per heavy atom. The summed E-state index contributed by atoms with van der Waals surface area (Å²) >= 11 is 0. The third-order valence-corrected chi connectivity index (χ3v) is 4.52. The van der Waals surface area contributed by atoms with Crippen molar-refractivity contribution >= 4 is 5.97 Å². The first-order valence-corrected chi connectivity index (χ1v) is 7.87. The molecule has 0 N–H and O–H groups in total. The molecule has 1 heterocycles. The van der Waals surface area contributed by atoms with Crippen LogP contribution in [0.4, 0.5) is 8.78 Å². The molecule has 0 radical (unpaired) electrons. The second kappa shape index (κ2) is 7.09. The van der Waals surface area contributed by atoms with Crippen molar-refractivity contribution in [2.24, 2.45) is 5.92 Å². The van der Waals surface area contributed by atoms with Crippen molar-refractivity contribution in [2.45, 2.75) is 12.5 Å². The average molecular weight is 331 g/mol. The molecule has 0 bridgehead atoms. The second-order valence-electron chi connectivity index (χ2n) is 6.09. The quantitative estimate of drug-likeness (QED) is 0.805. The summed E-state index contributed by atoms with van der Waals surface area (Å²) in [6.07, 6.45) is 0. The highest BCUT2D eigenvalue weighted by Gasteiger charge is 2.39. The Hall–Kier alpha value is -2.27. The highest BCUT2D eigenvalue weighted by Crippen LogP contribution is 2.34. The molecule has 5 heteroatoms. The Bertz CT molecular complexity index is 721. The molecule has 1 aliphatic heterocycles. The van der Waals surface area contributed by atoms with Crippen LogP contribution in [0.2, 0.25) is 0 Å². The van der Waals surface area contributed by atoms with Gasteiger partial charge in [0.2, 0.25) is 0 Å². The smallest absolute Gasteiger partial charge is 0.310 e. The van der Waals surface area contributed by atoms with Gasteiger partial charge in [0.25, 0.3) is 0 Å². The van der Waals surface area contributed by atoms with E-state index in [-0.39, 0.29) is 17.8 Å². The van der Waals surface area contributed by atoms with Crippen LogP contribution in [0.15, 0.2) is 48.5 Å². The molecular formula is C19H19F2NO2. The van der Waals surface area contributed by atoms with Gasteiger partial charge in [0.05, 0.1) is 13.0 Å². The standard InChI is InChI=1S/C19H19F2NO2/c1-24-19(23)16-12-22(10-13-5-3-2-4-6-13)11-15(16)14-7-8-17(20)18(21)9-14/h2-9,15-16H,10-12H2,1H3/t15-,16+/m0/s1. The van der Waals surface area contributed by atoms with E-state index in [2.05, 4.69) is 4.90 Å². The van der Waals surface area contributed by atoms with E-state index in [1.807, 2.05) is 30.3 Å². The van der Waals surface area contributed by atoms with E-state index in [9.17, 15) is 13.6 Å². The van der Waals surface area contributed by atoms with E-state index >= 15 is 0 Å². The minimum Gasteiger partial charge on any atom is -0.469 e. The number of hydrogen-bond acceptors (Lipinski definition) is 3. The number of halogens is 2. The zero-order chi connectivity index (χ0) is 17.1. The molecule has 0 unspecified atom stereocenters. The van der Waals surface area contributed by atoms with Gasteiger partial charge in [0, 0.05) is 25.6 Å². The van der Waals surface area contributed by atoms with Gasteiger partial charge in [-0.3, -0.25) is 9.69 Å². The van der Waals surface area contributed by atoms with Gasteiger partial charge in [-0.15, -0.1) is 0 Å². The zero-order valence-electron chi connectivity index (χ0n) is 13.4. The lowest BCUT2D eigenvalue weighted by molar-refractivity contribution is -0.145. The second-order valence-corrected chi connectivity index (χ2v) is 6.09. The number of rotatable bonds is 4. The molecular weight excluding hydrogens is 312 g/mol. The maximum absolute atomic E-state index is 13.6. The SMILES string of the molecule is COC(=O)[C@@H]1CN(Cc2ccccc2)C[C@H]1c1ccc(F)c(F)c1. The van der Waals surface area contributed by atoms with Crippen LogP contribution in [0.25, 0.3) is 0 Å². The largest absolute Gasteiger partial charge is 0.469 e. The Kier molecular flexibility index (Phi) is 4.90. The third-order valence-electron chi connectivity index (χ3n) is 4.52. The van der Waals surface area contributed by atoms with Crippen LogP contribution in [-0.4, -0.2) is 31.1 Å². The van der Waals surface area contributed by atoms with Crippen LogP contribution in [0.5, 0.6) is 0 Å². The average Bonchev–Trinajstić information content (AvgIpc) is 3.01. The van der Waals surface area contributed by atoms with Crippen LogP contribution in [0.3, 0.4) is 0 Å². The van der Waals surface area contributed by atoms with E-state index < -0.39 is 11.6 Å². The minimum absolute atomic E-state index is 0.212. The van der Waals surface area contributed by atoms with Crippen LogP contribution in [-0.2, 0) is 16.1 Å². The molecule has 0 amide bonds. The van der Waals surface area contributed by atoms with Crippen molar-refractivity contribution in [1.82, 2.24) is 4.90 Å². The van der Waals surface area contributed by atoms with Crippen molar-refractivity contribution in [3.05, 3.63) is 71.3 Å². The van der Waals surface area contributed by atoms with Crippen molar-refractivity contribution in [1.29, 1.82) is 0 Å². The van der Waals surface area contributed by atoms with E-state index in [1.54, 1.807) is 6.07 Å². The maximum atomic E-state index is 13.6. The predicted molar refractivity (Wildman–Crippen MR) is 86.3 cm³/mol. The van der Waals surface area contributed by atoms with Gasteiger partial charge in [-0.2, -0.15) is 0 Å². The van der Waals surface area contributed by atoms with Crippen molar-refractivity contribution in [3.63, 3.8) is 0 Å². The fourth-order valence-electron chi connectivity index (χ4n) is 3.33. The van der Waals surface area contributed by atoms with Gasteiger partial charge in [0.15, 0.2) is 11.6 Å². The monoisotopic (exact) mass is 331 g/mol. The van der Waals surface area contributed by atoms with Gasteiger partial charge in [0.1, 0.15) is 0 Å². The summed E-state index contributed by atoms with van der Waals surface area (Å²) in [5, 5.41) is 0. The Morgan fingerprint density at radius 3 is 2.54 bits per heavy atom. The molecule has 24 heavy (non-hydrogen) atoms. The summed E-state index contributed by atoms with van der Waals surface area (Å²) in [7, 11) is 1.35. The molecule has 1 saturated heterocycles. The van der Waals surface area contributed by atoms with Crippen LogP contribution in [0.1, 0.15) is 17.0 Å². The maximum Gasteiger partial charge on any atom is 0.310 e. The number of carbonyl (C=O) groups is 1. The summed E-state index contributed by atoms with van der Waals surface area (Å²) in [4.78, 5) is 14.3. The lowest BCUT2D eigenvalue weighted by Crippen LogP contribution is -2.24. The van der Waals surface area contributed by atoms with Crippen LogP contribution >= 0.6 is 0 Å². The molecule has 3 nitrogen and oxygen atoms in total. The molecule has 0 aliphatic carbocycles. The van der Waals surface area contributed by atoms with Gasteiger partial charge in [-0.25, -0.2) is 8.78 Å². The number of likely N-dealkylation sites (tertiary alicyclic amines) is 1. The van der Waals surface area contributed by atoms with E-state index in [0.717, 1.165) is 11.6 Å². The summed E-state index contributed by atoms with van der Waals surface area (Å²) in [6.45, 7) is 1.83. The Morgan fingerprint density at radius 2 is 1.88 bits per heavy atom. The molecule has 126 valence electrons. The highest BCUT2D eigenvalue weighted by atomic mass is 19.2. The number of nitrogens with zero attached hydrogens (tertiary/aromatic N) is 1. The Balaban J connectivity index is 1.82. The molecule has 0 saturated carbocycles. The van der Waals surface area contributed by atoms with Gasteiger partial charge in [-0.05, 0) is 23.3 Å². The summed E-state index contributed by atoms with van der Waals surface area (Å²) in [6, 6.07) is 13.8. The first-order valence-electron chi connectivity index (χ1n) is 7.87. The highest BCUT2D eigenvalue weighted by molar-refractivity contribution is 5.74. The fourth-order valence-corrected chi connectivity index (χ4v) is 3.33. The number of carbonyl (C=O) groups excluding carboxylic acids is 1. The zero-order valence-corrected chi connectivity index (χ0v) is 13.4. The molecule has 2 aromatic carbocycles. The van der Waals surface area contributed by atoms with E-state index in [0.29, 0.717) is 25.2 Å². The first-order chi connectivity index (χ1) is 11.6. The number of methoxy groups -OCH3 is 1. The van der Waals surface area contributed by atoms with Crippen LogP contribution in [0, 0.1) is 17.6 Å². The molecule has 1 fully saturated rings. The third kappa shape index (κ3) is 3.46. The molecule has 2 atom stereocenters. The van der Waals surface area contributed by atoms with E-state index in [4.69, 9.17) is 4.74 Å². The first kappa shape index (κ1) is 16.6. The lowest BCUT2D eigenvalue weighted by atomic mass is 9.89. The molecule has 2 aromatic rings. The number of benzene rings is 2. The topological polar surface area (TPSA) is 29.5 Å². The van der Waals surface area contributed by atoms with Gasteiger partial charge in [-0.1, -0.05) is 36.4 Å². The number of esters is 1. The van der Waals surface area contributed by atoms with Crippen molar-refractivity contribution in [2.75, 3.05) is 20.2 Å². The van der Waals surface area contributed by atoms with Gasteiger partial charge >= 0.3 is 5.97 Å². The van der Waals surface area contributed by atoms with Gasteiger partial charge < -0.3 is 4.74 Å². The molecule has 1 aliphatic rings. The lowest BCUT2D eigenvalue weighted by Gasteiger charge is -2.17. The molecule has 0 spiro atoms. The molecule has 3 rings (SSSR count). The molecule has 0 aromatic heterocycles. The summed E-state index contributed by atoms with van der Waals surface area (Å²) in [5.74, 6) is -2.69. The fraction of sp³-hybridized carbons (Fsp3) is 0.316. The van der Waals surface area contributed by atoms with Crippen molar-refractivity contribution < 1.29 is 18.3 Å². The number of ether oxygens (including phenoxy) is 1. The predicted octanol–water partition coefficient (Wildman–Crippen LogP) is 3.35. The summed E-state index contributed by atoms with van der Waals surface area (Å²) < 4.78 is 31.7. The normalized spacial score (nSPS) is 21.0.